The second kappa shape index (κ2) is 8.71. The van der Waals surface area contributed by atoms with Gasteiger partial charge in [0, 0.05) is 44.2 Å². The van der Waals surface area contributed by atoms with Gasteiger partial charge in [0.05, 0.1) is 12.1 Å². The van der Waals surface area contributed by atoms with Crippen molar-refractivity contribution in [1.29, 1.82) is 0 Å². The molecule has 3 fully saturated rings. The lowest BCUT2D eigenvalue weighted by molar-refractivity contribution is -0.162. The number of amides is 2. The van der Waals surface area contributed by atoms with Crippen molar-refractivity contribution in [2.45, 2.75) is 43.7 Å². The van der Waals surface area contributed by atoms with Crippen molar-refractivity contribution in [3.63, 3.8) is 0 Å². The average Bonchev–Trinajstić information content (AvgIpc) is 3.07. The molecule has 1 unspecified atom stereocenters. The van der Waals surface area contributed by atoms with Crippen LogP contribution in [-0.4, -0.2) is 74.6 Å². The Kier molecular flexibility index (Phi) is 6.03. The van der Waals surface area contributed by atoms with Crippen LogP contribution >= 0.6 is 0 Å². The van der Waals surface area contributed by atoms with E-state index in [4.69, 9.17) is 4.74 Å². The van der Waals surface area contributed by atoms with E-state index < -0.39 is 25.0 Å². The fourth-order valence-corrected chi connectivity index (χ4v) is 3.87. The van der Waals surface area contributed by atoms with Crippen molar-refractivity contribution in [3.05, 3.63) is 29.8 Å². The first kappa shape index (κ1) is 20.8. The molecule has 0 spiro atoms. The SMILES string of the molecule is O=C1N[C@H](CCC(=O)N2CC(c3ccc(N4CC(OC(F)C(F)F)C4)cc3)C2)CO1. The fraction of sp³-hybridized carbons (Fsp3) is 0.600. The number of likely N-dealkylation sites (tertiary alicyclic amines) is 1. The lowest BCUT2D eigenvalue weighted by Crippen LogP contribution is -2.53. The topological polar surface area (TPSA) is 71.1 Å². The maximum atomic E-state index is 12.9. The van der Waals surface area contributed by atoms with Gasteiger partial charge in [-0.15, -0.1) is 0 Å². The molecular weight excluding hydrogens is 403 g/mol. The van der Waals surface area contributed by atoms with Crippen LogP contribution < -0.4 is 10.2 Å². The Morgan fingerprint density at radius 3 is 2.47 bits per heavy atom. The number of carbonyl (C=O) groups excluding carboxylic acids is 2. The quantitative estimate of drug-likeness (QED) is 0.689. The van der Waals surface area contributed by atoms with Crippen molar-refractivity contribution in [1.82, 2.24) is 10.2 Å². The normalized spacial score (nSPS) is 23.1. The number of hydrogen-bond acceptors (Lipinski definition) is 5. The highest BCUT2D eigenvalue weighted by molar-refractivity contribution is 5.77. The average molecular weight is 427 g/mol. The molecule has 3 saturated heterocycles. The molecule has 2 amide bonds. The first-order valence-corrected chi connectivity index (χ1v) is 10.0. The third-order valence-corrected chi connectivity index (χ3v) is 5.78. The minimum absolute atomic E-state index is 0.0746. The number of anilines is 1. The molecule has 10 heteroatoms. The molecule has 1 N–H and O–H groups in total. The predicted octanol–water partition coefficient (Wildman–Crippen LogP) is 2.27. The number of hydrogen-bond donors (Lipinski definition) is 1. The standard InChI is InChI=1S/C20H24F3N3O4/c21-18(22)19(23)30-16-9-25(10-16)15-4-1-12(2-5-15)13-7-26(8-13)17(27)6-3-14-11-29-20(28)24-14/h1-2,4-5,13-14,16,18-19H,3,6-11H2,(H,24,28)/t14-,19?/m1/s1. The Labute approximate surface area is 172 Å². The molecule has 7 nitrogen and oxygen atoms in total. The molecular formula is C20H24F3N3O4. The van der Waals surface area contributed by atoms with Crippen molar-refractivity contribution in [2.24, 2.45) is 0 Å². The van der Waals surface area contributed by atoms with E-state index in [1.54, 1.807) is 0 Å². The van der Waals surface area contributed by atoms with Gasteiger partial charge in [0.25, 0.3) is 12.8 Å². The number of alkyl halides is 3. The number of nitrogens with zero attached hydrogens (tertiary/aromatic N) is 2. The molecule has 3 aliphatic heterocycles. The zero-order valence-electron chi connectivity index (χ0n) is 16.3. The summed E-state index contributed by atoms with van der Waals surface area (Å²) < 4.78 is 46.7. The summed E-state index contributed by atoms with van der Waals surface area (Å²) >= 11 is 0. The summed E-state index contributed by atoms with van der Waals surface area (Å²) in [6.07, 6.45) is -5.66. The highest BCUT2D eigenvalue weighted by atomic mass is 19.3. The third-order valence-electron chi connectivity index (χ3n) is 5.78. The smallest absolute Gasteiger partial charge is 0.407 e. The Morgan fingerprint density at radius 2 is 1.87 bits per heavy atom. The van der Waals surface area contributed by atoms with Gasteiger partial charge in [0.2, 0.25) is 5.91 Å². The number of alkyl carbamates (subject to hydrolysis) is 1. The van der Waals surface area contributed by atoms with E-state index in [1.165, 1.54) is 0 Å². The van der Waals surface area contributed by atoms with Crippen LogP contribution in [0, 0.1) is 0 Å². The minimum Gasteiger partial charge on any atom is -0.447 e. The fourth-order valence-electron chi connectivity index (χ4n) is 3.87. The van der Waals surface area contributed by atoms with Crippen LogP contribution in [0.15, 0.2) is 24.3 Å². The number of cyclic esters (lactones) is 1. The van der Waals surface area contributed by atoms with E-state index in [0.717, 1.165) is 11.3 Å². The molecule has 30 heavy (non-hydrogen) atoms. The van der Waals surface area contributed by atoms with Crippen LogP contribution in [0.3, 0.4) is 0 Å². The lowest BCUT2D eigenvalue weighted by Gasteiger charge is -2.42. The molecule has 0 radical (unpaired) electrons. The van der Waals surface area contributed by atoms with Gasteiger partial charge in [0.15, 0.2) is 0 Å². The van der Waals surface area contributed by atoms with Gasteiger partial charge >= 0.3 is 6.09 Å². The largest absolute Gasteiger partial charge is 0.447 e. The van der Waals surface area contributed by atoms with Gasteiger partial charge in [0.1, 0.15) is 6.61 Å². The lowest BCUT2D eigenvalue weighted by atomic mass is 9.90. The molecule has 2 atom stereocenters. The molecule has 4 rings (SSSR count). The van der Waals surface area contributed by atoms with Crippen LogP contribution in [0.5, 0.6) is 0 Å². The van der Waals surface area contributed by atoms with Gasteiger partial charge in [-0.3, -0.25) is 4.79 Å². The number of rotatable bonds is 8. The zero-order chi connectivity index (χ0) is 21.3. The molecule has 164 valence electrons. The molecule has 1 aromatic rings. The molecule has 0 aromatic heterocycles. The molecule has 1 aromatic carbocycles. The number of carbonyl (C=O) groups is 2. The summed E-state index contributed by atoms with van der Waals surface area (Å²) in [5.41, 5.74) is 2.06. The van der Waals surface area contributed by atoms with E-state index >= 15 is 0 Å². The second-order valence-corrected chi connectivity index (χ2v) is 7.91. The summed E-state index contributed by atoms with van der Waals surface area (Å²) in [5.74, 6) is 0.355. The summed E-state index contributed by atoms with van der Waals surface area (Å²) in [5, 5.41) is 2.66. The molecule has 3 aliphatic rings. The Bertz CT molecular complexity index is 767. The van der Waals surface area contributed by atoms with Gasteiger partial charge in [-0.05, 0) is 24.1 Å². The van der Waals surface area contributed by atoms with Crippen molar-refractivity contribution >= 4 is 17.7 Å². The van der Waals surface area contributed by atoms with E-state index in [0.29, 0.717) is 45.6 Å². The monoisotopic (exact) mass is 427 g/mol. The van der Waals surface area contributed by atoms with Crippen molar-refractivity contribution in [3.8, 4) is 0 Å². The van der Waals surface area contributed by atoms with Crippen LogP contribution in [0.2, 0.25) is 0 Å². The maximum absolute atomic E-state index is 12.9. The number of ether oxygens (including phenoxy) is 2. The minimum atomic E-state index is -3.12. The Hall–Kier alpha value is -2.49. The van der Waals surface area contributed by atoms with Crippen molar-refractivity contribution < 1.29 is 32.2 Å². The number of benzene rings is 1. The molecule has 0 bridgehead atoms. The maximum Gasteiger partial charge on any atom is 0.407 e. The number of nitrogens with one attached hydrogen (secondary N) is 1. The second-order valence-electron chi connectivity index (χ2n) is 7.91. The third kappa shape index (κ3) is 4.63. The van der Waals surface area contributed by atoms with Crippen LogP contribution in [0.1, 0.15) is 24.3 Å². The van der Waals surface area contributed by atoms with E-state index in [-0.39, 0.29) is 17.9 Å². The summed E-state index contributed by atoms with van der Waals surface area (Å²) in [6, 6.07) is 7.79. The first-order valence-electron chi connectivity index (χ1n) is 10.0. The first-order chi connectivity index (χ1) is 14.4. The number of halogens is 3. The van der Waals surface area contributed by atoms with Gasteiger partial charge in [-0.1, -0.05) is 12.1 Å². The van der Waals surface area contributed by atoms with E-state index in [9.17, 15) is 22.8 Å². The summed E-state index contributed by atoms with van der Waals surface area (Å²) in [6.45, 7) is 2.40. The molecule has 0 aliphatic carbocycles. The summed E-state index contributed by atoms with van der Waals surface area (Å²) in [4.78, 5) is 27.0. The predicted molar refractivity (Wildman–Crippen MR) is 101 cm³/mol. The zero-order valence-corrected chi connectivity index (χ0v) is 16.3. The van der Waals surface area contributed by atoms with E-state index in [1.807, 2.05) is 34.1 Å². The van der Waals surface area contributed by atoms with Gasteiger partial charge in [-0.25, -0.2) is 18.0 Å². The molecule has 0 saturated carbocycles. The summed E-state index contributed by atoms with van der Waals surface area (Å²) in [7, 11) is 0. The highest BCUT2D eigenvalue weighted by Crippen LogP contribution is 2.31. The van der Waals surface area contributed by atoms with Crippen LogP contribution in [0.4, 0.5) is 23.7 Å². The van der Waals surface area contributed by atoms with Gasteiger partial charge in [-0.2, -0.15) is 0 Å². The molecule has 3 heterocycles. The van der Waals surface area contributed by atoms with Crippen LogP contribution in [-0.2, 0) is 14.3 Å². The van der Waals surface area contributed by atoms with Crippen LogP contribution in [0.25, 0.3) is 0 Å². The Morgan fingerprint density at radius 1 is 1.17 bits per heavy atom. The van der Waals surface area contributed by atoms with Crippen molar-refractivity contribution in [2.75, 3.05) is 37.7 Å². The Balaban J connectivity index is 1.17. The van der Waals surface area contributed by atoms with E-state index in [2.05, 4.69) is 10.1 Å². The highest BCUT2D eigenvalue weighted by Gasteiger charge is 2.34. The van der Waals surface area contributed by atoms with Gasteiger partial charge < -0.3 is 24.6 Å².